The Morgan fingerprint density at radius 2 is 0.776 bits per heavy atom. The van der Waals surface area contributed by atoms with Crippen molar-refractivity contribution in [1.82, 2.24) is 0 Å². The minimum atomic E-state index is -4.57. The van der Waals surface area contributed by atoms with Gasteiger partial charge in [0.05, 0.1) is 19.8 Å². The fourth-order valence-corrected chi connectivity index (χ4v) is 8.20. The summed E-state index contributed by atoms with van der Waals surface area (Å²) in [7, 11) is -4.57. The van der Waals surface area contributed by atoms with E-state index >= 15 is 0 Å². The van der Waals surface area contributed by atoms with Crippen LogP contribution in [0.2, 0.25) is 0 Å². The highest BCUT2D eigenvalue weighted by Gasteiger charge is 2.26. The number of rotatable bonds is 47. The molecule has 0 aliphatic carbocycles. The predicted molar refractivity (Wildman–Crippen MR) is 238 cm³/mol. The van der Waals surface area contributed by atoms with Gasteiger partial charge in [0.2, 0.25) is 0 Å². The van der Waals surface area contributed by atoms with E-state index in [0.717, 1.165) is 19.8 Å². The Labute approximate surface area is 356 Å². The average molecular weight is 849 g/mol. The number of phosphoric acid groups is 1. The van der Waals surface area contributed by atoms with Gasteiger partial charge in [-0.3, -0.25) is 18.6 Å². The number of phosphoric ester groups is 1. The van der Waals surface area contributed by atoms with E-state index in [1.54, 1.807) is 0 Å². The summed E-state index contributed by atoms with van der Waals surface area (Å²) in [5.41, 5.74) is 0. The second-order valence-electron chi connectivity index (χ2n) is 16.9. The number of carbonyl (C=O) groups is 2. The molecule has 10 nitrogen and oxygen atoms in total. The molecule has 3 atom stereocenters. The Morgan fingerprint density at radius 3 is 1.07 bits per heavy atom. The molecule has 0 saturated carbocycles. The maximum Gasteiger partial charge on any atom is 0.472 e. The van der Waals surface area contributed by atoms with Gasteiger partial charge in [0.25, 0.3) is 0 Å². The number of hydrogen-bond donors (Lipinski definition) is 3. The van der Waals surface area contributed by atoms with Crippen LogP contribution in [0.15, 0.2) is 0 Å². The van der Waals surface area contributed by atoms with Crippen LogP contribution < -0.4 is 0 Å². The van der Waals surface area contributed by atoms with Crippen molar-refractivity contribution in [2.24, 2.45) is 0 Å². The van der Waals surface area contributed by atoms with Gasteiger partial charge in [-0.25, -0.2) is 4.57 Å². The van der Waals surface area contributed by atoms with Crippen molar-refractivity contribution >= 4 is 19.8 Å². The smallest absolute Gasteiger partial charge is 0.462 e. The van der Waals surface area contributed by atoms with E-state index in [4.69, 9.17) is 19.1 Å². The van der Waals surface area contributed by atoms with Crippen molar-refractivity contribution in [3.05, 3.63) is 0 Å². The van der Waals surface area contributed by atoms with Crippen LogP contribution in [0, 0.1) is 0 Å². The molecule has 1 unspecified atom stereocenters. The number of esters is 2. The molecule has 58 heavy (non-hydrogen) atoms. The highest BCUT2D eigenvalue weighted by molar-refractivity contribution is 7.47. The molecule has 0 saturated heterocycles. The van der Waals surface area contributed by atoms with E-state index in [2.05, 4.69) is 11.4 Å². The zero-order valence-corrected chi connectivity index (χ0v) is 38.7. The van der Waals surface area contributed by atoms with Crippen LogP contribution in [0.3, 0.4) is 0 Å². The van der Waals surface area contributed by atoms with Gasteiger partial charge in [-0.2, -0.15) is 0 Å². The number of ether oxygens (including phenoxy) is 2. The van der Waals surface area contributed by atoms with Crippen LogP contribution in [0.25, 0.3) is 0 Å². The minimum absolute atomic E-state index is 0.244. The molecule has 0 aromatic carbocycles. The van der Waals surface area contributed by atoms with E-state index in [1.165, 1.54) is 212 Å². The molecule has 3 N–H and O–H groups in total. The molecule has 0 amide bonds. The van der Waals surface area contributed by atoms with Crippen molar-refractivity contribution in [1.29, 1.82) is 0 Å². The molecule has 0 spiro atoms. The Balaban J connectivity index is 3.40. The molecule has 11 heteroatoms. The zero-order valence-electron chi connectivity index (χ0n) is 37.8. The van der Waals surface area contributed by atoms with Gasteiger partial charge in [0.15, 0.2) is 6.10 Å². The first-order valence-electron chi connectivity index (χ1n) is 24.4. The first-order valence-corrected chi connectivity index (χ1v) is 25.9. The quantitative estimate of drug-likeness (QED) is 0.0307. The van der Waals surface area contributed by atoms with Crippen molar-refractivity contribution in [3.8, 4) is 0 Å². The van der Waals surface area contributed by atoms with Gasteiger partial charge in [-0.15, -0.1) is 0 Å². The summed E-state index contributed by atoms with van der Waals surface area (Å²) in [5.74, 6) is -1.10. The predicted octanol–water partition coefficient (Wildman–Crippen LogP) is 13.4. The monoisotopic (exact) mass is 849 g/mol. The number of carbonyl (C=O) groups excluding carboxylic acids is 2. The van der Waals surface area contributed by atoms with Gasteiger partial charge in [-0.05, 0) is 6.42 Å². The van der Waals surface area contributed by atoms with E-state index in [9.17, 15) is 24.2 Å². The van der Waals surface area contributed by atoms with Crippen molar-refractivity contribution in [2.75, 3.05) is 26.4 Å². The van der Waals surface area contributed by atoms with Crippen molar-refractivity contribution < 1.29 is 47.8 Å². The van der Waals surface area contributed by atoms with Gasteiger partial charge in [0.1, 0.15) is 12.7 Å². The van der Waals surface area contributed by atoms with Crippen LogP contribution in [-0.2, 0) is 32.7 Å². The third kappa shape index (κ3) is 44.5. The third-order valence-corrected chi connectivity index (χ3v) is 12.0. The topological polar surface area (TPSA) is 149 Å². The lowest BCUT2D eigenvalue weighted by molar-refractivity contribution is -0.159. The highest BCUT2D eigenvalue weighted by Crippen LogP contribution is 2.43. The molecule has 0 aromatic heterocycles. The summed E-state index contributed by atoms with van der Waals surface area (Å²) < 4.78 is 31.4. The molecule has 0 radical (unpaired) electrons. The van der Waals surface area contributed by atoms with E-state index in [0.29, 0.717) is 6.42 Å². The summed E-state index contributed by atoms with van der Waals surface area (Å²) in [6, 6.07) is 0. The Hall–Kier alpha value is -1.03. The van der Waals surface area contributed by atoms with E-state index in [-0.39, 0.29) is 13.0 Å². The molecule has 0 aromatic rings. The standard InChI is InChI=1S/C47H93O10P/c1-3-4-5-6-7-8-9-10-11-12-13-14-15-16-17-18-19-20-21-22-23-24-25-26-27-28-29-30-31-32-33-34-35-36-37-38-39-47(51)54-42-46(57-44(2)49)43-56-58(52,53)55-41-45(50)40-48/h45-46,48,50H,3-43H2,1-2H3,(H,52,53)/t45-,46+/m0/s1. The van der Waals surface area contributed by atoms with Crippen LogP contribution in [-0.4, -0.2) is 65.7 Å². The van der Waals surface area contributed by atoms with Crippen molar-refractivity contribution in [2.45, 2.75) is 264 Å². The van der Waals surface area contributed by atoms with E-state index in [1.807, 2.05) is 0 Å². The van der Waals surface area contributed by atoms with Crippen molar-refractivity contribution in [3.63, 3.8) is 0 Å². The average Bonchev–Trinajstić information content (AvgIpc) is 3.20. The lowest BCUT2D eigenvalue weighted by atomic mass is 10.0. The zero-order chi connectivity index (χ0) is 42.6. The summed E-state index contributed by atoms with van der Waals surface area (Å²) in [5, 5.41) is 18.0. The van der Waals surface area contributed by atoms with Gasteiger partial charge in [0, 0.05) is 13.3 Å². The molecule has 0 rings (SSSR count). The third-order valence-electron chi connectivity index (χ3n) is 11.1. The number of aliphatic hydroxyl groups excluding tert-OH is 2. The maximum atomic E-state index is 12.1. The lowest BCUT2D eigenvalue weighted by Crippen LogP contribution is -2.29. The van der Waals surface area contributed by atoms with Gasteiger partial charge >= 0.3 is 19.8 Å². The largest absolute Gasteiger partial charge is 0.472 e. The SMILES string of the molecule is CCCCCCCCCCCCCCCCCCCCCCCCCCCCCCCCCCCCCCC(=O)OC[C@H](COP(=O)(O)OC[C@@H](O)CO)OC(C)=O. The molecule has 346 valence electrons. The number of aliphatic hydroxyl groups is 2. The van der Waals surface area contributed by atoms with Crippen LogP contribution in [0.1, 0.15) is 251 Å². The molecular formula is C47H93O10P. The summed E-state index contributed by atoms with van der Waals surface area (Å²) >= 11 is 0. The molecule has 0 bridgehead atoms. The molecule has 0 fully saturated rings. The molecule has 0 aliphatic heterocycles. The second kappa shape index (κ2) is 44.0. The maximum absolute atomic E-state index is 12.1. The molecule has 0 heterocycles. The molecular weight excluding hydrogens is 755 g/mol. The van der Waals surface area contributed by atoms with Crippen LogP contribution in [0.5, 0.6) is 0 Å². The normalized spacial score (nSPS) is 13.7. The van der Waals surface area contributed by atoms with E-state index < -0.39 is 51.8 Å². The lowest BCUT2D eigenvalue weighted by Gasteiger charge is -2.19. The summed E-state index contributed by atoms with van der Waals surface area (Å²) in [4.78, 5) is 33.2. The minimum Gasteiger partial charge on any atom is -0.462 e. The fourth-order valence-electron chi connectivity index (χ4n) is 7.41. The Kier molecular flexibility index (Phi) is 43.3. The summed E-state index contributed by atoms with van der Waals surface area (Å²) in [6.45, 7) is 1.33. The second-order valence-corrected chi connectivity index (χ2v) is 18.4. The summed E-state index contributed by atoms with van der Waals surface area (Å²) in [6.07, 6.45) is 47.0. The van der Waals surface area contributed by atoms with Gasteiger partial charge in [-0.1, -0.05) is 232 Å². The Bertz CT molecular complexity index is 935. The van der Waals surface area contributed by atoms with Crippen LogP contribution >= 0.6 is 7.82 Å². The van der Waals surface area contributed by atoms with Gasteiger partial charge < -0.3 is 24.6 Å². The Morgan fingerprint density at radius 1 is 0.483 bits per heavy atom. The number of unbranched alkanes of at least 4 members (excludes halogenated alkanes) is 35. The highest BCUT2D eigenvalue weighted by atomic mass is 31.2. The van der Waals surface area contributed by atoms with Crippen LogP contribution in [0.4, 0.5) is 0 Å². The molecule has 0 aliphatic rings. The first kappa shape index (κ1) is 57.0. The fraction of sp³-hybridized carbons (Fsp3) is 0.957. The number of hydrogen-bond acceptors (Lipinski definition) is 9. The first-order chi connectivity index (χ1) is 28.2.